The van der Waals surface area contributed by atoms with Gasteiger partial charge in [0.25, 0.3) is 0 Å². The molecule has 0 aromatic rings. The van der Waals surface area contributed by atoms with Crippen molar-refractivity contribution in [1.29, 1.82) is 0 Å². The molecule has 0 aliphatic heterocycles. The largest absolute Gasteiger partial charge is 0.737 e. The van der Waals surface area contributed by atoms with Gasteiger partial charge in [-0.2, -0.15) is 0 Å². The van der Waals surface area contributed by atoms with Crippen molar-refractivity contribution < 1.29 is 4.97 Å². The summed E-state index contributed by atoms with van der Waals surface area (Å²) in [5, 5.41) is 28.3. The normalized spacial score (nSPS) is 11.8. The van der Waals surface area contributed by atoms with E-state index in [1.54, 1.807) is 0 Å². The van der Waals surface area contributed by atoms with Crippen LogP contribution in [0, 0.1) is 10.4 Å². The zero-order chi connectivity index (χ0) is 13.6. The van der Waals surface area contributed by atoms with E-state index in [9.17, 15) is 10.4 Å². The first-order valence-electron chi connectivity index (χ1n) is 6.42. The molecule has 0 unspecified atom stereocenters. The van der Waals surface area contributed by atoms with Crippen molar-refractivity contribution >= 4 is 0 Å². The van der Waals surface area contributed by atoms with Crippen molar-refractivity contribution in [3.63, 3.8) is 0 Å². The van der Waals surface area contributed by atoms with Crippen LogP contribution in [0.2, 0.25) is 0 Å². The molecule has 0 saturated heterocycles. The van der Waals surface area contributed by atoms with Crippen molar-refractivity contribution in [2.24, 2.45) is 16.7 Å². The fraction of sp³-hybridized carbons (Fsp3) is 1.00. The molecule has 0 aliphatic rings. The molecule has 0 saturated carbocycles. The van der Waals surface area contributed by atoms with Crippen molar-refractivity contribution in [2.75, 3.05) is 39.3 Å². The zero-order valence-corrected chi connectivity index (χ0v) is 10.9. The van der Waals surface area contributed by atoms with Gasteiger partial charge in [-0.3, -0.25) is 0 Å². The first kappa shape index (κ1) is 16.9. The van der Waals surface area contributed by atoms with Gasteiger partial charge in [-0.15, -0.1) is 5.01 Å². The summed E-state index contributed by atoms with van der Waals surface area (Å²) in [5.74, 6) is 0. The van der Waals surface area contributed by atoms with Crippen molar-refractivity contribution in [3.8, 4) is 0 Å². The molecule has 108 valence electrons. The van der Waals surface area contributed by atoms with Gasteiger partial charge in [0.2, 0.25) is 0 Å². The van der Waals surface area contributed by atoms with Crippen LogP contribution in [0.5, 0.6) is 0 Å². The minimum absolute atomic E-state index is 0.109. The molecule has 18 heavy (non-hydrogen) atoms. The van der Waals surface area contributed by atoms with Gasteiger partial charge in [0.15, 0.2) is 0 Å². The fourth-order valence-corrected chi connectivity index (χ4v) is 1.50. The second-order valence-electron chi connectivity index (χ2n) is 4.03. The van der Waals surface area contributed by atoms with Gasteiger partial charge in [-0.25, -0.2) is 0 Å². The highest BCUT2D eigenvalue weighted by Crippen LogP contribution is 1.98. The first-order valence-corrected chi connectivity index (χ1v) is 6.42. The van der Waals surface area contributed by atoms with E-state index in [1.165, 1.54) is 5.01 Å². The SMILES string of the molecule is NCCCNCCCCN(CCCN)/[N+]([O-])=N/[O-]. The van der Waals surface area contributed by atoms with Crippen LogP contribution in [0.4, 0.5) is 0 Å². The van der Waals surface area contributed by atoms with Crippen LogP contribution in [0.3, 0.4) is 0 Å². The lowest BCUT2D eigenvalue weighted by atomic mass is 10.3. The second-order valence-corrected chi connectivity index (χ2v) is 4.03. The van der Waals surface area contributed by atoms with E-state index in [1.807, 2.05) is 0 Å². The van der Waals surface area contributed by atoms with Crippen LogP contribution in [0.15, 0.2) is 5.28 Å². The maximum atomic E-state index is 11.1. The number of hydrogen-bond donors (Lipinski definition) is 3. The van der Waals surface area contributed by atoms with E-state index in [4.69, 9.17) is 11.5 Å². The highest BCUT2D eigenvalue weighted by atomic mass is 16.6. The molecule has 0 aromatic heterocycles. The summed E-state index contributed by atoms with van der Waals surface area (Å²) in [5.41, 5.74) is 10.7. The van der Waals surface area contributed by atoms with E-state index < -0.39 is 0 Å². The fourth-order valence-electron chi connectivity index (χ4n) is 1.50. The lowest BCUT2D eigenvalue weighted by molar-refractivity contribution is -0.690. The molecular weight excluding hydrogens is 236 g/mol. The number of unbranched alkanes of at least 4 members (excludes halogenated alkanes) is 1. The molecule has 0 spiro atoms. The molecule has 0 bridgehead atoms. The summed E-state index contributed by atoms with van der Waals surface area (Å²) in [6, 6.07) is 0. The topological polar surface area (TPSA) is 129 Å². The number of nitrogens with two attached hydrogens (primary N) is 2. The van der Waals surface area contributed by atoms with Gasteiger partial charge >= 0.3 is 0 Å². The third-order valence-electron chi connectivity index (χ3n) is 2.51. The molecule has 8 nitrogen and oxygen atoms in total. The summed E-state index contributed by atoms with van der Waals surface area (Å²) in [6.07, 6.45) is 3.40. The van der Waals surface area contributed by atoms with E-state index in [2.05, 4.69) is 10.6 Å². The van der Waals surface area contributed by atoms with Crippen LogP contribution >= 0.6 is 0 Å². The molecule has 0 fully saturated rings. The number of hydrogen-bond acceptors (Lipinski definition) is 6. The highest BCUT2D eigenvalue weighted by Gasteiger charge is 2.09. The standard InChI is InChI=1S/C10H26N6O2/c11-5-3-8-13-7-1-2-9-15(10-4-6-12)16(18)14-17/h13,17H,1-12H2/p-1/b16-14-. The molecule has 0 aliphatic carbocycles. The van der Waals surface area contributed by atoms with Crippen molar-refractivity contribution in [1.82, 2.24) is 10.3 Å². The summed E-state index contributed by atoms with van der Waals surface area (Å²) < 4.78 is 0. The number of hydrazine groups is 1. The van der Waals surface area contributed by atoms with Crippen molar-refractivity contribution in [2.45, 2.75) is 25.7 Å². The van der Waals surface area contributed by atoms with Gasteiger partial charge in [0.05, 0.1) is 13.1 Å². The number of nitrogens with one attached hydrogen (secondary N) is 1. The van der Waals surface area contributed by atoms with Crippen LogP contribution in [0.1, 0.15) is 25.7 Å². The summed E-state index contributed by atoms with van der Waals surface area (Å²) >= 11 is 0. The van der Waals surface area contributed by atoms with Gasteiger partial charge in [0, 0.05) is 4.97 Å². The first-order chi connectivity index (χ1) is 8.76. The quantitative estimate of drug-likeness (QED) is 0.192. The van der Waals surface area contributed by atoms with Gasteiger partial charge in [0.1, 0.15) is 0 Å². The van der Waals surface area contributed by atoms with Crippen LogP contribution in [-0.4, -0.2) is 49.2 Å². The number of nitrogens with zero attached hydrogens (tertiary/aromatic N) is 3. The predicted octanol–water partition coefficient (Wildman–Crippen LogP) is -0.269. The maximum absolute atomic E-state index is 11.1. The van der Waals surface area contributed by atoms with Gasteiger partial charge in [-0.1, -0.05) is 0 Å². The summed E-state index contributed by atoms with van der Waals surface area (Å²) in [7, 11) is 0. The Morgan fingerprint density at radius 1 is 1.00 bits per heavy atom. The molecule has 0 aromatic carbocycles. The smallest absolute Gasteiger partial charge is 0.0779 e. The monoisotopic (exact) mass is 261 g/mol. The third-order valence-corrected chi connectivity index (χ3v) is 2.51. The predicted molar refractivity (Wildman–Crippen MR) is 70.4 cm³/mol. The molecular formula is C10H25N6O2-. The molecule has 0 radical (unpaired) electrons. The Kier molecular flexibility index (Phi) is 11.6. The lowest BCUT2D eigenvalue weighted by Gasteiger charge is -2.19. The minimum Gasteiger partial charge on any atom is -0.737 e. The highest BCUT2D eigenvalue weighted by molar-refractivity contribution is 4.52. The Hall–Kier alpha value is -1.12. The van der Waals surface area contributed by atoms with Crippen molar-refractivity contribution in [3.05, 3.63) is 10.4 Å². The summed E-state index contributed by atoms with van der Waals surface area (Å²) in [4.78, 5) is 0.109. The minimum atomic E-state index is 0.109. The third kappa shape index (κ3) is 8.97. The molecule has 8 heteroatoms. The Labute approximate surface area is 108 Å². The summed E-state index contributed by atoms with van der Waals surface area (Å²) in [6.45, 7) is 3.97. The van der Waals surface area contributed by atoms with E-state index >= 15 is 0 Å². The van der Waals surface area contributed by atoms with E-state index in [0.717, 1.165) is 32.4 Å². The van der Waals surface area contributed by atoms with E-state index in [0.29, 0.717) is 32.6 Å². The lowest BCUT2D eigenvalue weighted by Crippen LogP contribution is -2.33. The molecule has 0 rings (SSSR count). The van der Waals surface area contributed by atoms with Crippen LogP contribution < -0.4 is 16.8 Å². The van der Waals surface area contributed by atoms with Crippen LogP contribution in [0.25, 0.3) is 0 Å². The molecule has 0 heterocycles. The van der Waals surface area contributed by atoms with Gasteiger partial charge < -0.3 is 27.2 Å². The molecule has 0 amide bonds. The van der Waals surface area contributed by atoms with Gasteiger partial charge in [-0.05, 0) is 57.1 Å². The maximum Gasteiger partial charge on any atom is 0.0779 e. The molecule has 0 atom stereocenters. The second kappa shape index (κ2) is 12.3. The average Bonchev–Trinajstić information content (AvgIpc) is 2.40. The Morgan fingerprint density at radius 2 is 1.61 bits per heavy atom. The Balaban J connectivity index is 3.63. The average molecular weight is 261 g/mol. The zero-order valence-electron chi connectivity index (χ0n) is 10.9. The van der Waals surface area contributed by atoms with E-state index in [-0.39, 0.29) is 4.97 Å². The Morgan fingerprint density at radius 3 is 2.22 bits per heavy atom. The molecule has 5 N–H and O–H groups in total. The number of rotatable bonds is 12. The van der Waals surface area contributed by atoms with Crippen LogP contribution in [-0.2, 0) is 0 Å². The Bertz CT molecular complexity index is 215.